The molecule has 0 bridgehead atoms. The lowest BCUT2D eigenvalue weighted by atomic mass is 10.1. The molecule has 23 heavy (non-hydrogen) atoms. The molecular formula is C18H20N2O2S. The van der Waals surface area contributed by atoms with Crippen LogP contribution < -0.4 is 10.6 Å². The van der Waals surface area contributed by atoms with E-state index in [0.29, 0.717) is 12.1 Å². The van der Waals surface area contributed by atoms with Crippen molar-refractivity contribution in [3.05, 3.63) is 63.5 Å². The Labute approximate surface area is 140 Å². The van der Waals surface area contributed by atoms with Crippen LogP contribution in [0.2, 0.25) is 0 Å². The van der Waals surface area contributed by atoms with Crippen LogP contribution >= 0.6 is 11.3 Å². The number of aryl methyl sites for hydroxylation is 1. The van der Waals surface area contributed by atoms with Gasteiger partial charge in [-0.15, -0.1) is 11.3 Å². The van der Waals surface area contributed by atoms with Gasteiger partial charge >= 0.3 is 0 Å². The number of carbonyl (C=O) groups is 2. The minimum absolute atomic E-state index is 0.257. The van der Waals surface area contributed by atoms with Crippen molar-refractivity contribution in [2.24, 2.45) is 0 Å². The van der Waals surface area contributed by atoms with Crippen molar-refractivity contribution in [2.45, 2.75) is 20.3 Å². The van der Waals surface area contributed by atoms with Gasteiger partial charge < -0.3 is 10.6 Å². The SMILES string of the molecule is CCCNC(=O)/C(=C/c1cccs1)NC(=O)c1cccc(C)c1. The molecule has 0 unspecified atom stereocenters. The Morgan fingerprint density at radius 3 is 2.70 bits per heavy atom. The molecule has 0 atom stereocenters. The summed E-state index contributed by atoms with van der Waals surface area (Å²) in [5.41, 5.74) is 1.79. The van der Waals surface area contributed by atoms with Gasteiger partial charge in [-0.05, 0) is 43.0 Å². The average Bonchev–Trinajstić information content (AvgIpc) is 3.05. The molecule has 2 amide bonds. The van der Waals surface area contributed by atoms with E-state index in [1.807, 2.05) is 43.5 Å². The van der Waals surface area contributed by atoms with Crippen LogP contribution in [-0.2, 0) is 4.79 Å². The Morgan fingerprint density at radius 2 is 2.04 bits per heavy atom. The third-order valence-electron chi connectivity index (χ3n) is 3.14. The zero-order valence-corrected chi connectivity index (χ0v) is 14.1. The number of rotatable bonds is 6. The molecule has 1 aromatic carbocycles. The van der Waals surface area contributed by atoms with Crippen LogP contribution in [0, 0.1) is 6.92 Å². The zero-order valence-electron chi connectivity index (χ0n) is 13.3. The molecule has 1 aromatic heterocycles. The van der Waals surface area contributed by atoms with E-state index in [9.17, 15) is 9.59 Å². The first-order chi connectivity index (χ1) is 11.1. The second kappa shape index (κ2) is 8.29. The molecule has 0 radical (unpaired) electrons. The van der Waals surface area contributed by atoms with Crippen molar-refractivity contribution in [2.75, 3.05) is 6.54 Å². The second-order valence-electron chi connectivity index (χ2n) is 5.15. The summed E-state index contributed by atoms with van der Waals surface area (Å²) in [6, 6.07) is 11.1. The maximum atomic E-state index is 12.4. The van der Waals surface area contributed by atoms with Crippen LogP contribution in [0.15, 0.2) is 47.5 Å². The van der Waals surface area contributed by atoms with Crippen molar-refractivity contribution in [1.29, 1.82) is 0 Å². The predicted molar refractivity (Wildman–Crippen MR) is 94.2 cm³/mol. The Morgan fingerprint density at radius 1 is 1.22 bits per heavy atom. The minimum Gasteiger partial charge on any atom is -0.351 e. The van der Waals surface area contributed by atoms with Gasteiger partial charge in [0, 0.05) is 17.0 Å². The molecule has 0 spiro atoms. The van der Waals surface area contributed by atoms with Gasteiger partial charge in [0.2, 0.25) is 0 Å². The largest absolute Gasteiger partial charge is 0.351 e. The molecule has 0 aliphatic heterocycles. The third kappa shape index (κ3) is 5.07. The summed E-state index contributed by atoms with van der Waals surface area (Å²) >= 11 is 1.51. The molecule has 4 nitrogen and oxygen atoms in total. The summed E-state index contributed by atoms with van der Waals surface area (Å²) in [7, 11) is 0. The number of carbonyl (C=O) groups excluding carboxylic acids is 2. The maximum Gasteiger partial charge on any atom is 0.267 e. The first kappa shape index (κ1) is 17.0. The average molecular weight is 328 g/mol. The van der Waals surface area contributed by atoms with Gasteiger partial charge in [-0.25, -0.2) is 0 Å². The van der Waals surface area contributed by atoms with Gasteiger partial charge in [0.25, 0.3) is 11.8 Å². The molecule has 120 valence electrons. The van der Waals surface area contributed by atoms with Gasteiger partial charge in [-0.2, -0.15) is 0 Å². The number of benzene rings is 1. The van der Waals surface area contributed by atoms with Crippen molar-refractivity contribution >= 4 is 29.2 Å². The fourth-order valence-electron chi connectivity index (χ4n) is 1.99. The highest BCUT2D eigenvalue weighted by atomic mass is 32.1. The highest BCUT2D eigenvalue weighted by molar-refractivity contribution is 7.10. The Balaban J connectivity index is 2.20. The Kier molecular flexibility index (Phi) is 6.11. The fraction of sp³-hybridized carbons (Fsp3) is 0.222. The molecule has 2 N–H and O–H groups in total. The third-order valence-corrected chi connectivity index (χ3v) is 3.96. The van der Waals surface area contributed by atoms with Crippen molar-refractivity contribution < 1.29 is 9.59 Å². The molecule has 1 heterocycles. The van der Waals surface area contributed by atoms with E-state index in [-0.39, 0.29) is 17.5 Å². The summed E-state index contributed by atoms with van der Waals surface area (Å²) in [4.78, 5) is 25.6. The number of nitrogens with one attached hydrogen (secondary N) is 2. The lowest BCUT2D eigenvalue weighted by Gasteiger charge is -2.10. The zero-order chi connectivity index (χ0) is 16.7. The molecule has 2 aromatic rings. The normalized spacial score (nSPS) is 11.1. The summed E-state index contributed by atoms with van der Waals surface area (Å²) in [6.07, 6.45) is 2.53. The van der Waals surface area contributed by atoms with E-state index in [1.54, 1.807) is 18.2 Å². The lowest BCUT2D eigenvalue weighted by molar-refractivity contribution is -0.117. The summed E-state index contributed by atoms with van der Waals surface area (Å²) in [5, 5.41) is 7.45. The van der Waals surface area contributed by atoms with Crippen molar-refractivity contribution in [3.63, 3.8) is 0 Å². The van der Waals surface area contributed by atoms with E-state index in [1.165, 1.54) is 11.3 Å². The highest BCUT2D eigenvalue weighted by Gasteiger charge is 2.14. The molecule has 0 aliphatic carbocycles. The van der Waals surface area contributed by atoms with Gasteiger partial charge in [0.15, 0.2) is 0 Å². The number of hydrogen-bond acceptors (Lipinski definition) is 3. The first-order valence-electron chi connectivity index (χ1n) is 7.51. The first-order valence-corrected chi connectivity index (χ1v) is 8.39. The van der Waals surface area contributed by atoms with Crippen LogP contribution in [0.4, 0.5) is 0 Å². The highest BCUT2D eigenvalue weighted by Crippen LogP contribution is 2.13. The number of amides is 2. The minimum atomic E-state index is -0.289. The van der Waals surface area contributed by atoms with Crippen LogP contribution in [0.5, 0.6) is 0 Å². The van der Waals surface area contributed by atoms with Crippen LogP contribution in [0.1, 0.15) is 34.1 Å². The molecule has 0 aliphatic rings. The van der Waals surface area contributed by atoms with E-state index < -0.39 is 0 Å². The van der Waals surface area contributed by atoms with Crippen LogP contribution in [0.25, 0.3) is 6.08 Å². The van der Waals surface area contributed by atoms with Gasteiger partial charge in [0.1, 0.15) is 5.70 Å². The van der Waals surface area contributed by atoms with Crippen LogP contribution in [0.3, 0.4) is 0 Å². The quantitative estimate of drug-likeness (QED) is 0.799. The monoisotopic (exact) mass is 328 g/mol. The summed E-state index contributed by atoms with van der Waals surface area (Å²) < 4.78 is 0. The number of hydrogen-bond donors (Lipinski definition) is 2. The number of thiophene rings is 1. The second-order valence-corrected chi connectivity index (χ2v) is 6.13. The van der Waals surface area contributed by atoms with Crippen molar-refractivity contribution in [1.82, 2.24) is 10.6 Å². The summed E-state index contributed by atoms with van der Waals surface area (Å²) in [6.45, 7) is 4.47. The van der Waals surface area contributed by atoms with Crippen molar-refractivity contribution in [3.8, 4) is 0 Å². The molecule has 2 rings (SSSR count). The molecule has 0 saturated heterocycles. The smallest absolute Gasteiger partial charge is 0.267 e. The molecule has 0 fully saturated rings. The summed E-state index contributed by atoms with van der Waals surface area (Å²) in [5.74, 6) is -0.565. The predicted octanol–water partition coefficient (Wildman–Crippen LogP) is 3.35. The molecule has 5 heteroatoms. The van der Waals surface area contributed by atoms with Gasteiger partial charge in [0.05, 0.1) is 0 Å². The fourth-order valence-corrected chi connectivity index (χ4v) is 2.65. The van der Waals surface area contributed by atoms with Gasteiger partial charge in [-0.3, -0.25) is 9.59 Å². The standard InChI is InChI=1S/C18H20N2O2S/c1-3-9-19-18(22)16(12-15-8-5-10-23-15)20-17(21)14-7-4-6-13(2)11-14/h4-8,10-12H,3,9H2,1-2H3,(H,19,22)(H,20,21)/b16-12-. The van der Waals surface area contributed by atoms with E-state index >= 15 is 0 Å². The van der Waals surface area contributed by atoms with E-state index in [2.05, 4.69) is 10.6 Å². The van der Waals surface area contributed by atoms with E-state index in [4.69, 9.17) is 0 Å². The Bertz CT molecular complexity index is 706. The molecule has 0 saturated carbocycles. The lowest BCUT2D eigenvalue weighted by Crippen LogP contribution is -2.35. The topological polar surface area (TPSA) is 58.2 Å². The van der Waals surface area contributed by atoms with Crippen LogP contribution in [-0.4, -0.2) is 18.4 Å². The molecular weight excluding hydrogens is 308 g/mol. The van der Waals surface area contributed by atoms with E-state index in [0.717, 1.165) is 16.9 Å². The van der Waals surface area contributed by atoms with Gasteiger partial charge in [-0.1, -0.05) is 30.7 Å². The maximum absolute atomic E-state index is 12.4. The Hall–Kier alpha value is -2.40.